The van der Waals surface area contributed by atoms with Crippen LogP contribution in [0.25, 0.3) is 0 Å². The van der Waals surface area contributed by atoms with E-state index < -0.39 is 28.6 Å². The normalized spacial score (nSPS) is 30.1. The first kappa shape index (κ1) is 23.9. The highest BCUT2D eigenvalue weighted by Gasteiger charge is 2.57. The molecule has 0 aromatic rings. The molecule has 3 N–H and O–H groups in total. The van der Waals surface area contributed by atoms with Crippen molar-refractivity contribution in [1.29, 1.82) is 0 Å². The lowest BCUT2D eigenvalue weighted by Gasteiger charge is -2.43. The third-order valence-electron chi connectivity index (χ3n) is 8.13. The maximum atomic E-state index is 13.5. The largest absolute Gasteiger partial charge is 0.338 e. The van der Waals surface area contributed by atoms with Crippen molar-refractivity contribution in [3.05, 3.63) is 0 Å². The Bertz CT molecular complexity index is 729. The summed E-state index contributed by atoms with van der Waals surface area (Å²) in [5.41, 5.74) is 0.0339. The summed E-state index contributed by atoms with van der Waals surface area (Å²) >= 11 is 0. The number of carbonyl (C=O) groups is 3. The molecule has 3 atom stereocenters. The van der Waals surface area contributed by atoms with Crippen LogP contribution in [0.15, 0.2) is 0 Å². The second kappa shape index (κ2) is 9.21. The van der Waals surface area contributed by atoms with Gasteiger partial charge < -0.3 is 4.90 Å². The Kier molecular flexibility index (Phi) is 6.89. The van der Waals surface area contributed by atoms with Gasteiger partial charge in [-0.1, -0.05) is 32.6 Å². The second-order valence-corrected chi connectivity index (χ2v) is 12.9. The lowest BCUT2D eigenvalue weighted by Crippen LogP contribution is -2.57. The molecule has 2 saturated heterocycles. The van der Waals surface area contributed by atoms with Crippen LogP contribution in [0.4, 0.5) is 0 Å². The van der Waals surface area contributed by atoms with Gasteiger partial charge >= 0.3 is 0 Å². The standard InChI is InChI=1S/C22H37N3O6S/c1-16(12-17-4-2-3-5-17)19(21(28)25(29)15-26)24-14-22(6-7-22)13-18(24)20(27)23-8-10-32(30,31)11-9-23/h15-19,29-31H,2-14H2,1H3/t16-,18+,19?/m1/s1. The van der Waals surface area contributed by atoms with Crippen LogP contribution in [0.2, 0.25) is 0 Å². The number of amides is 3. The van der Waals surface area contributed by atoms with E-state index in [1.807, 2.05) is 11.8 Å². The van der Waals surface area contributed by atoms with E-state index in [1.54, 1.807) is 4.90 Å². The monoisotopic (exact) mass is 471 g/mol. The maximum absolute atomic E-state index is 13.5. The number of nitrogens with zero attached hydrogens (tertiary/aromatic N) is 3. The van der Waals surface area contributed by atoms with Crippen LogP contribution in [0.3, 0.4) is 0 Å². The number of likely N-dealkylation sites (tertiary alicyclic amines) is 1. The van der Waals surface area contributed by atoms with E-state index in [9.17, 15) is 28.7 Å². The first-order valence-corrected chi connectivity index (χ1v) is 13.8. The SMILES string of the molecule is C[C@H](CC1CCCC1)C(C(=O)N(O)C=O)N1CC2(CC2)C[C@H]1C(=O)N1CCS(O)(O)CC1. The smallest absolute Gasteiger partial charge is 0.270 e. The summed E-state index contributed by atoms with van der Waals surface area (Å²) in [7, 11) is -2.61. The zero-order valence-electron chi connectivity index (χ0n) is 18.9. The highest BCUT2D eigenvalue weighted by molar-refractivity contribution is 8.24. The molecule has 0 aromatic heterocycles. The Morgan fingerprint density at radius 2 is 1.81 bits per heavy atom. The van der Waals surface area contributed by atoms with Crippen molar-refractivity contribution in [3.63, 3.8) is 0 Å². The fraction of sp³-hybridized carbons (Fsp3) is 0.864. The molecule has 1 spiro atoms. The Morgan fingerprint density at radius 3 is 2.38 bits per heavy atom. The predicted octanol–water partition coefficient (Wildman–Crippen LogP) is 2.39. The summed E-state index contributed by atoms with van der Waals surface area (Å²) in [6, 6.07) is -1.22. The maximum Gasteiger partial charge on any atom is 0.270 e. The van der Waals surface area contributed by atoms with E-state index in [-0.39, 0.29) is 40.2 Å². The third kappa shape index (κ3) is 4.99. The van der Waals surface area contributed by atoms with Crippen LogP contribution in [0.1, 0.15) is 58.3 Å². The van der Waals surface area contributed by atoms with E-state index in [1.165, 1.54) is 12.8 Å². The van der Waals surface area contributed by atoms with Crippen LogP contribution in [0.5, 0.6) is 0 Å². The van der Waals surface area contributed by atoms with Crippen LogP contribution < -0.4 is 0 Å². The minimum atomic E-state index is -2.61. The molecule has 0 aromatic carbocycles. The molecule has 2 aliphatic heterocycles. The number of imide groups is 1. The van der Waals surface area contributed by atoms with Crippen molar-refractivity contribution in [1.82, 2.24) is 14.9 Å². The van der Waals surface area contributed by atoms with Gasteiger partial charge in [-0.25, -0.2) is 0 Å². The van der Waals surface area contributed by atoms with Gasteiger partial charge in [0, 0.05) is 19.6 Å². The average Bonchev–Trinajstić information content (AvgIpc) is 3.14. The molecule has 182 valence electrons. The average molecular weight is 472 g/mol. The molecular weight excluding hydrogens is 434 g/mol. The van der Waals surface area contributed by atoms with Gasteiger partial charge in [0.05, 0.1) is 23.6 Å². The molecule has 2 heterocycles. The molecule has 9 nitrogen and oxygen atoms in total. The number of carbonyl (C=O) groups excluding carboxylic acids is 3. The van der Waals surface area contributed by atoms with Crippen LogP contribution in [-0.2, 0) is 14.4 Å². The minimum Gasteiger partial charge on any atom is -0.338 e. The van der Waals surface area contributed by atoms with E-state index in [0.717, 1.165) is 32.1 Å². The fourth-order valence-electron chi connectivity index (χ4n) is 6.11. The molecule has 32 heavy (non-hydrogen) atoms. The molecular formula is C22H37N3O6S. The van der Waals surface area contributed by atoms with Gasteiger partial charge in [-0.3, -0.25) is 33.6 Å². The number of hydrogen-bond acceptors (Lipinski definition) is 7. The van der Waals surface area contributed by atoms with Crippen molar-refractivity contribution in [2.75, 3.05) is 31.1 Å². The highest BCUT2D eigenvalue weighted by Crippen LogP contribution is 2.56. The predicted molar refractivity (Wildman–Crippen MR) is 120 cm³/mol. The molecule has 4 fully saturated rings. The summed E-state index contributed by atoms with van der Waals surface area (Å²) in [6.07, 6.45) is 8.32. The Morgan fingerprint density at radius 1 is 1.19 bits per heavy atom. The van der Waals surface area contributed by atoms with Gasteiger partial charge in [-0.2, -0.15) is 15.7 Å². The van der Waals surface area contributed by atoms with Gasteiger partial charge in [0.25, 0.3) is 5.91 Å². The summed E-state index contributed by atoms with van der Waals surface area (Å²) in [6.45, 7) is 3.21. The van der Waals surface area contributed by atoms with Gasteiger partial charge in [0.1, 0.15) is 0 Å². The van der Waals surface area contributed by atoms with Gasteiger partial charge in [-0.15, -0.1) is 0 Å². The lowest BCUT2D eigenvalue weighted by molar-refractivity contribution is -0.176. The molecule has 4 aliphatic rings. The first-order chi connectivity index (χ1) is 15.1. The molecule has 0 bridgehead atoms. The molecule has 0 radical (unpaired) electrons. The van der Waals surface area contributed by atoms with Crippen molar-refractivity contribution in [2.45, 2.75) is 70.4 Å². The first-order valence-electron chi connectivity index (χ1n) is 11.9. The third-order valence-corrected chi connectivity index (χ3v) is 9.80. The van der Waals surface area contributed by atoms with Crippen molar-refractivity contribution >= 4 is 28.8 Å². The summed E-state index contributed by atoms with van der Waals surface area (Å²) in [4.78, 5) is 41.6. The molecule has 1 unspecified atom stereocenters. The van der Waals surface area contributed by atoms with Gasteiger partial charge in [-0.05, 0) is 42.9 Å². The van der Waals surface area contributed by atoms with E-state index >= 15 is 0 Å². The van der Waals surface area contributed by atoms with Crippen LogP contribution in [-0.4, -0.2) is 90.6 Å². The summed E-state index contributed by atoms with van der Waals surface area (Å²) in [5.74, 6) is 0.0680. The summed E-state index contributed by atoms with van der Waals surface area (Å²) < 4.78 is 19.8. The van der Waals surface area contributed by atoms with Crippen LogP contribution >= 0.6 is 10.6 Å². The quantitative estimate of drug-likeness (QED) is 0.296. The number of rotatable bonds is 7. The molecule has 2 aliphatic carbocycles. The fourth-order valence-corrected chi connectivity index (χ4v) is 7.34. The number of hydroxylamine groups is 2. The topological polar surface area (TPSA) is 122 Å². The molecule has 10 heteroatoms. The van der Waals surface area contributed by atoms with Gasteiger partial charge in [0.15, 0.2) is 0 Å². The molecule has 2 saturated carbocycles. The zero-order chi connectivity index (χ0) is 23.1. The van der Waals surface area contributed by atoms with Crippen LogP contribution in [0, 0.1) is 17.3 Å². The van der Waals surface area contributed by atoms with Crippen molar-refractivity contribution in [2.24, 2.45) is 17.3 Å². The lowest BCUT2D eigenvalue weighted by atomic mass is 9.87. The van der Waals surface area contributed by atoms with E-state index in [2.05, 4.69) is 0 Å². The van der Waals surface area contributed by atoms with Crippen molar-refractivity contribution < 1.29 is 28.7 Å². The highest BCUT2D eigenvalue weighted by atomic mass is 32.3. The molecule has 4 rings (SSSR count). The summed E-state index contributed by atoms with van der Waals surface area (Å²) in [5, 5.41) is 10.1. The molecule has 3 amide bonds. The number of hydrogen-bond donors (Lipinski definition) is 3. The Balaban J connectivity index is 1.56. The Hall–Kier alpha value is -1.20. The van der Waals surface area contributed by atoms with Gasteiger partial charge in [0.2, 0.25) is 12.3 Å². The zero-order valence-corrected chi connectivity index (χ0v) is 19.7. The van der Waals surface area contributed by atoms with E-state index in [4.69, 9.17) is 0 Å². The minimum absolute atomic E-state index is 0.0339. The van der Waals surface area contributed by atoms with E-state index in [0.29, 0.717) is 32.0 Å². The Labute approximate surface area is 191 Å². The second-order valence-electron chi connectivity index (χ2n) is 10.5. The van der Waals surface area contributed by atoms with Crippen molar-refractivity contribution in [3.8, 4) is 0 Å².